The SMILES string of the molecule is CN1CC(N2c3ccccc3-c3ccccc3-c3ccc4ccoc4c32)=CC=C1c1ccccn1. The Morgan fingerprint density at radius 3 is 2.31 bits per heavy atom. The molecule has 4 heterocycles. The quantitative estimate of drug-likeness (QED) is 0.277. The Morgan fingerprint density at radius 1 is 0.743 bits per heavy atom. The summed E-state index contributed by atoms with van der Waals surface area (Å²) in [5.41, 5.74) is 11.2. The Hall–Kier alpha value is -4.57. The molecule has 4 nitrogen and oxygen atoms in total. The fraction of sp³-hybridized carbons (Fsp3) is 0.0645. The zero-order valence-corrected chi connectivity index (χ0v) is 19.3. The highest BCUT2D eigenvalue weighted by atomic mass is 16.3. The molecule has 0 amide bonds. The van der Waals surface area contributed by atoms with E-state index >= 15 is 0 Å². The van der Waals surface area contributed by atoms with Crippen LogP contribution >= 0.6 is 0 Å². The third-order valence-corrected chi connectivity index (χ3v) is 6.93. The summed E-state index contributed by atoms with van der Waals surface area (Å²) >= 11 is 0. The number of furan rings is 1. The van der Waals surface area contributed by atoms with Gasteiger partial charge < -0.3 is 14.2 Å². The van der Waals surface area contributed by atoms with E-state index in [4.69, 9.17) is 4.42 Å². The summed E-state index contributed by atoms with van der Waals surface area (Å²) in [6, 6.07) is 29.8. The molecule has 0 N–H and O–H groups in total. The smallest absolute Gasteiger partial charge is 0.158 e. The largest absolute Gasteiger partial charge is 0.462 e. The number of allylic oxidation sites excluding steroid dienone is 2. The van der Waals surface area contributed by atoms with Gasteiger partial charge in [-0.25, -0.2) is 0 Å². The topological polar surface area (TPSA) is 32.5 Å². The van der Waals surface area contributed by atoms with Crippen LogP contribution in [-0.2, 0) is 0 Å². The highest BCUT2D eigenvalue weighted by Gasteiger charge is 2.31. The van der Waals surface area contributed by atoms with Crippen molar-refractivity contribution >= 4 is 28.0 Å². The molecule has 4 heteroatoms. The molecule has 2 aliphatic heterocycles. The first-order valence-corrected chi connectivity index (χ1v) is 11.8. The molecule has 0 radical (unpaired) electrons. The van der Waals surface area contributed by atoms with Crippen LogP contribution in [0.4, 0.5) is 11.4 Å². The van der Waals surface area contributed by atoms with Crippen LogP contribution in [0.25, 0.3) is 38.9 Å². The average Bonchev–Trinajstić information content (AvgIpc) is 3.35. The first-order valence-electron chi connectivity index (χ1n) is 11.8. The lowest BCUT2D eigenvalue weighted by Crippen LogP contribution is -2.30. The molecule has 0 bridgehead atoms. The molecule has 0 fully saturated rings. The van der Waals surface area contributed by atoms with Crippen LogP contribution in [-0.4, -0.2) is 23.5 Å². The monoisotopic (exact) mass is 453 g/mol. The number of fused-ring (bicyclic) bond motifs is 7. The van der Waals surface area contributed by atoms with Gasteiger partial charge in [-0.1, -0.05) is 60.7 Å². The van der Waals surface area contributed by atoms with Crippen molar-refractivity contribution in [2.45, 2.75) is 0 Å². The second kappa shape index (κ2) is 7.74. The maximum Gasteiger partial charge on any atom is 0.158 e. The van der Waals surface area contributed by atoms with Gasteiger partial charge in [-0.15, -0.1) is 0 Å². The first-order chi connectivity index (χ1) is 17.3. The van der Waals surface area contributed by atoms with Gasteiger partial charge >= 0.3 is 0 Å². The van der Waals surface area contributed by atoms with E-state index in [0.29, 0.717) is 0 Å². The second-order valence-corrected chi connectivity index (χ2v) is 8.98. The number of anilines is 2. The summed E-state index contributed by atoms with van der Waals surface area (Å²) in [4.78, 5) is 9.22. The number of nitrogens with zero attached hydrogens (tertiary/aromatic N) is 3. The van der Waals surface area contributed by atoms with E-state index in [1.165, 1.54) is 28.0 Å². The normalized spacial score (nSPS) is 14.5. The van der Waals surface area contributed by atoms with Gasteiger partial charge in [0.2, 0.25) is 0 Å². The summed E-state index contributed by atoms with van der Waals surface area (Å²) in [6.07, 6.45) is 8.02. The first kappa shape index (κ1) is 19.9. The third-order valence-electron chi connectivity index (χ3n) is 6.93. The molecular formula is C31H23N3O. The predicted molar refractivity (Wildman–Crippen MR) is 142 cm³/mol. The summed E-state index contributed by atoms with van der Waals surface area (Å²) < 4.78 is 6.13. The molecule has 7 rings (SSSR count). The minimum absolute atomic E-state index is 0.740. The number of aromatic nitrogens is 1. The zero-order chi connectivity index (χ0) is 23.4. The van der Waals surface area contributed by atoms with Gasteiger partial charge in [-0.05, 0) is 47.5 Å². The Morgan fingerprint density at radius 2 is 1.51 bits per heavy atom. The van der Waals surface area contributed by atoms with Gasteiger partial charge in [0.05, 0.1) is 35.6 Å². The van der Waals surface area contributed by atoms with Crippen LogP contribution in [0.3, 0.4) is 0 Å². The molecule has 0 spiro atoms. The highest BCUT2D eigenvalue weighted by molar-refractivity contribution is 6.08. The van der Waals surface area contributed by atoms with Gasteiger partial charge in [-0.3, -0.25) is 4.98 Å². The highest BCUT2D eigenvalue weighted by Crippen LogP contribution is 2.51. The molecule has 0 atom stereocenters. The molecule has 0 saturated carbocycles. The van der Waals surface area contributed by atoms with Gasteiger partial charge in [0.1, 0.15) is 0 Å². The van der Waals surface area contributed by atoms with E-state index in [2.05, 4.69) is 101 Å². The minimum atomic E-state index is 0.740. The number of likely N-dealkylation sites (N-methyl/N-ethyl adjacent to an activating group) is 1. The number of para-hydroxylation sites is 1. The Labute approximate surface area is 204 Å². The molecule has 0 aliphatic carbocycles. The van der Waals surface area contributed by atoms with Crippen molar-refractivity contribution < 1.29 is 4.42 Å². The molecule has 3 aromatic carbocycles. The van der Waals surface area contributed by atoms with Crippen LogP contribution < -0.4 is 4.90 Å². The Bertz CT molecular complexity index is 1640. The third kappa shape index (κ3) is 3.03. The van der Waals surface area contributed by atoms with Gasteiger partial charge in [-0.2, -0.15) is 0 Å². The maximum absolute atomic E-state index is 6.13. The lowest BCUT2D eigenvalue weighted by molar-refractivity contribution is 0.510. The average molecular weight is 454 g/mol. The Balaban J connectivity index is 1.52. The summed E-state index contributed by atoms with van der Waals surface area (Å²) in [5, 5.41) is 1.10. The van der Waals surface area contributed by atoms with Crippen molar-refractivity contribution in [3.63, 3.8) is 0 Å². The lowest BCUT2D eigenvalue weighted by Gasteiger charge is -2.35. The number of pyridine rings is 1. The van der Waals surface area contributed by atoms with Crippen LogP contribution in [0.5, 0.6) is 0 Å². The van der Waals surface area contributed by atoms with Crippen LogP contribution in [0.2, 0.25) is 0 Å². The van der Waals surface area contributed by atoms with Crippen molar-refractivity contribution in [3.05, 3.63) is 121 Å². The van der Waals surface area contributed by atoms with E-state index in [1.54, 1.807) is 6.26 Å². The molecule has 2 aliphatic rings. The molecule has 0 unspecified atom stereocenters. The van der Waals surface area contributed by atoms with E-state index in [9.17, 15) is 0 Å². The minimum Gasteiger partial charge on any atom is -0.462 e. The van der Waals surface area contributed by atoms with Gasteiger partial charge in [0.15, 0.2) is 5.58 Å². The predicted octanol–water partition coefficient (Wildman–Crippen LogP) is 7.48. The molecule has 2 aromatic heterocycles. The van der Waals surface area contributed by atoms with Crippen LogP contribution in [0, 0.1) is 0 Å². The van der Waals surface area contributed by atoms with Crippen molar-refractivity contribution in [2.75, 3.05) is 18.5 Å². The van der Waals surface area contributed by atoms with Crippen LogP contribution in [0.15, 0.2) is 120 Å². The number of benzene rings is 3. The zero-order valence-electron chi connectivity index (χ0n) is 19.3. The second-order valence-electron chi connectivity index (χ2n) is 8.98. The molecule has 5 aromatic rings. The fourth-order valence-corrected chi connectivity index (χ4v) is 5.35. The molecule has 168 valence electrons. The number of rotatable bonds is 2. The fourth-order valence-electron chi connectivity index (χ4n) is 5.35. The molecule has 35 heavy (non-hydrogen) atoms. The number of hydrogen-bond donors (Lipinski definition) is 0. The van der Waals surface area contributed by atoms with Crippen molar-refractivity contribution in [2.24, 2.45) is 0 Å². The van der Waals surface area contributed by atoms with Gasteiger partial charge in [0.25, 0.3) is 0 Å². The number of hydrogen-bond acceptors (Lipinski definition) is 4. The summed E-state index contributed by atoms with van der Waals surface area (Å²) in [7, 11) is 2.13. The Kier molecular flexibility index (Phi) is 4.39. The maximum atomic E-state index is 6.13. The van der Waals surface area contributed by atoms with Crippen molar-refractivity contribution in [3.8, 4) is 22.3 Å². The molecular weight excluding hydrogens is 430 g/mol. The van der Waals surface area contributed by atoms with Gasteiger partial charge in [0, 0.05) is 35.5 Å². The lowest BCUT2D eigenvalue weighted by atomic mass is 9.94. The van der Waals surface area contributed by atoms with E-state index in [-0.39, 0.29) is 0 Å². The van der Waals surface area contributed by atoms with Crippen molar-refractivity contribution in [1.29, 1.82) is 0 Å². The van der Waals surface area contributed by atoms with E-state index < -0.39 is 0 Å². The van der Waals surface area contributed by atoms with Crippen molar-refractivity contribution in [1.82, 2.24) is 9.88 Å². The standard InChI is InChI=1S/C31H23N3O/c1-33-20-22(14-16-29(33)27-11-6-7-18-32-27)34-28-12-5-4-10-25(28)23-8-2-3-9-24(23)26-15-13-21-17-19-35-31(21)30(26)34/h2-19H,20H2,1H3. The molecule has 0 saturated heterocycles. The summed E-state index contributed by atoms with van der Waals surface area (Å²) in [5.74, 6) is 0. The van der Waals surface area contributed by atoms with E-state index in [1.807, 2.05) is 24.4 Å². The summed E-state index contributed by atoms with van der Waals surface area (Å²) in [6.45, 7) is 0.740. The van der Waals surface area contributed by atoms with E-state index in [0.717, 1.165) is 40.3 Å². The van der Waals surface area contributed by atoms with Crippen LogP contribution in [0.1, 0.15) is 5.69 Å².